The Hall–Kier alpha value is -1.21. The van der Waals surface area contributed by atoms with Crippen LogP contribution >= 0.6 is 15.9 Å². The first-order valence-corrected chi connectivity index (χ1v) is 9.27. The molecule has 0 bridgehead atoms. The number of fused-ring (bicyclic) bond motifs is 1. The molecule has 5 nitrogen and oxygen atoms in total. The molecule has 6 heteroatoms. The minimum absolute atomic E-state index is 0.291. The molecule has 2 heterocycles. The maximum Gasteiger partial charge on any atom is 0.306 e. The van der Waals surface area contributed by atoms with E-state index < -0.39 is 24.0 Å². The number of ether oxygens (including phenoxy) is 3. The predicted molar refractivity (Wildman–Crippen MR) is 96.8 cm³/mol. The lowest BCUT2D eigenvalue weighted by Crippen LogP contribution is -2.37. The number of carboxylic acid groups (broad SMARTS) is 1. The van der Waals surface area contributed by atoms with E-state index in [2.05, 4.69) is 15.9 Å². The summed E-state index contributed by atoms with van der Waals surface area (Å²) >= 11 is 3.41. The smallest absolute Gasteiger partial charge is 0.306 e. The number of aliphatic carboxylic acids is 1. The minimum atomic E-state index is -0.827. The van der Waals surface area contributed by atoms with Gasteiger partial charge in [-0.05, 0) is 38.0 Å². The van der Waals surface area contributed by atoms with E-state index in [9.17, 15) is 9.90 Å². The highest BCUT2D eigenvalue weighted by Crippen LogP contribution is 2.45. The van der Waals surface area contributed by atoms with E-state index in [0.717, 1.165) is 10.0 Å². The number of benzene rings is 1. The molecule has 136 valence electrons. The summed E-state index contributed by atoms with van der Waals surface area (Å²) in [4.78, 5) is 11.7. The molecule has 2 aliphatic rings. The van der Waals surface area contributed by atoms with Crippen LogP contribution in [0.5, 0.6) is 0 Å². The summed E-state index contributed by atoms with van der Waals surface area (Å²) in [6, 6.07) is 7.89. The Morgan fingerprint density at radius 3 is 2.60 bits per heavy atom. The third-order valence-corrected chi connectivity index (χ3v) is 5.24. The normalized spacial score (nSPS) is 32.0. The number of hydrogen-bond acceptors (Lipinski definition) is 4. The highest BCUT2D eigenvalue weighted by molar-refractivity contribution is 9.10. The second kappa shape index (κ2) is 7.19. The van der Waals surface area contributed by atoms with Crippen molar-refractivity contribution in [1.29, 1.82) is 0 Å². The van der Waals surface area contributed by atoms with Gasteiger partial charge in [-0.1, -0.05) is 47.1 Å². The van der Waals surface area contributed by atoms with Gasteiger partial charge >= 0.3 is 5.97 Å². The second-order valence-corrected chi connectivity index (χ2v) is 7.83. The van der Waals surface area contributed by atoms with Gasteiger partial charge in [-0.15, -0.1) is 0 Å². The fourth-order valence-corrected chi connectivity index (χ4v) is 3.84. The topological polar surface area (TPSA) is 65.0 Å². The summed E-state index contributed by atoms with van der Waals surface area (Å²) < 4.78 is 18.8. The van der Waals surface area contributed by atoms with Crippen molar-refractivity contribution in [3.8, 4) is 0 Å². The molecule has 2 fully saturated rings. The number of halogens is 1. The Labute approximate surface area is 156 Å². The maximum absolute atomic E-state index is 11.7. The first kappa shape index (κ1) is 18.6. The molecule has 0 radical (unpaired) electrons. The molecule has 2 aliphatic heterocycles. The van der Waals surface area contributed by atoms with E-state index in [1.54, 1.807) is 0 Å². The van der Waals surface area contributed by atoms with Crippen LogP contribution in [-0.4, -0.2) is 35.4 Å². The zero-order valence-electron chi connectivity index (χ0n) is 14.5. The van der Waals surface area contributed by atoms with Crippen LogP contribution in [0.15, 0.2) is 34.8 Å². The van der Waals surface area contributed by atoms with Gasteiger partial charge in [0, 0.05) is 10.4 Å². The van der Waals surface area contributed by atoms with E-state index in [-0.39, 0.29) is 18.1 Å². The van der Waals surface area contributed by atoms with E-state index >= 15 is 0 Å². The molecule has 0 aromatic heterocycles. The third kappa shape index (κ3) is 3.97. The molecule has 3 rings (SSSR count). The van der Waals surface area contributed by atoms with Crippen LogP contribution in [0.1, 0.15) is 32.8 Å². The molecular weight excluding hydrogens is 388 g/mol. The van der Waals surface area contributed by atoms with Crippen LogP contribution in [0.25, 0.3) is 6.08 Å². The minimum Gasteiger partial charge on any atom is -0.481 e. The van der Waals surface area contributed by atoms with E-state index in [1.807, 2.05) is 57.2 Å². The summed E-state index contributed by atoms with van der Waals surface area (Å²) in [6.45, 7) is 5.52. The van der Waals surface area contributed by atoms with Crippen LogP contribution in [0.2, 0.25) is 0 Å². The van der Waals surface area contributed by atoms with Gasteiger partial charge in [0.25, 0.3) is 0 Å². The molecule has 0 spiro atoms. The average Bonchev–Trinajstić information content (AvgIpc) is 3.00. The summed E-state index contributed by atoms with van der Waals surface area (Å²) in [6.07, 6.45) is 3.10. The van der Waals surface area contributed by atoms with Gasteiger partial charge in [0.05, 0.1) is 12.0 Å². The van der Waals surface area contributed by atoms with Crippen molar-refractivity contribution in [2.75, 3.05) is 0 Å². The first-order chi connectivity index (χ1) is 11.8. The lowest BCUT2D eigenvalue weighted by molar-refractivity contribution is -0.207. The zero-order chi connectivity index (χ0) is 18.2. The molecule has 1 N–H and O–H groups in total. The van der Waals surface area contributed by atoms with Crippen molar-refractivity contribution in [2.45, 2.75) is 51.5 Å². The van der Waals surface area contributed by atoms with Crippen LogP contribution in [0.3, 0.4) is 0 Å². The zero-order valence-corrected chi connectivity index (χ0v) is 16.1. The van der Waals surface area contributed by atoms with Crippen molar-refractivity contribution in [3.63, 3.8) is 0 Å². The van der Waals surface area contributed by atoms with Gasteiger partial charge in [0.1, 0.15) is 6.10 Å². The average molecular weight is 411 g/mol. The summed E-state index contributed by atoms with van der Waals surface area (Å²) in [5.41, 5.74) is 1.02. The molecule has 1 aromatic carbocycles. The van der Waals surface area contributed by atoms with E-state index in [1.165, 1.54) is 0 Å². The van der Waals surface area contributed by atoms with Gasteiger partial charge in [0.2, 0.25) is 0 Å². The van der Waals surface area contributed by atoms with Crippen molar-refractivity contribution in [3.05, 3.63) is 40.4 Å². The van der Waals surface area contributed by atoms with Crippen LogP contribution in [-0.2, 0) is 19.0 Å². The highest BCUT2D eigenvalue weighted by atomic mass is 79.9. The second-order valence-electron chi connectivity index (χ2n) is 6.91. The number of rotatable bonds is 5. The number of carbonyl (C=O) groups is 1. The SMILES string of the molecule is CCC(C(=O)O)[C@H]1[C@H]2OC(C)(C)O[C@H]2O[C@@H]1/C=C/c1ccc(Br)cc1. The fraction of sp³-hybridized carbons (Fsp3) is 0.526. The van der Waals surface area contributed by atoms with Crippen molar-refractivity contribution in [2.24, 2.45) is 11.8 Å². The first-order valence-electron chi connectivity index (χ1n) is 8.48. The lowest BCUT2D eigenvalue weighted by Gasteiger charge is -2.27. The van der Waals surface area contributed by atoms with Crippen molar-refractivity contribution >= 4 is 28.0 Å². The summed E-state index contributed by atoms with van der Waals surface area (Å²) in [7, 11) is 0. The largest absolute Gasteiger partial charge is 0.481 e. The van der Waals surface area contributed by atoms with E-state index in [4.69, 9.17) is 14.2 Å². The van der Waals surface area contributed by atoms with Crippen LogP contribution in [0.4, 0.5) is 0 Å². The quantitative estimate of drug-likeness (QED) is 0.792. The standard InChI is InChI=1S/C19H23BrO5/c1-4-13(17(21)22)15-14(10-7-11-5-8-12(20)9-6-11)23-18-16(15)24-19(2,3)25-18/h5-10,13-16,18H,4H2,1-3H3,(H,21,22)/b10-7+/t13?,14-,15-,16-,18-/m1/s1. The lowest BCUT2D eigenvalue weighted by atomic mass is 9.82. The summed E-state index contributed by atoms with van der Waals surface area (Å²) in [5, 5.41) is 9.64. The Bertz CT molecular complexity index is 654. The molecular formula is C19H23BrO5. The molecule has 25 heavy (non-hydrogen) atoms. The maximum atomic E-state index is 11.7. The third-order valence-electron chi connectivity index (χ3n) is 4.71. The molecule has 1 unspecified atom stereocenters. The van der Waals surface area contributed by atoms with E-state index in [0.29, 0.717) is 6.42 Å². The molecule has 2 saturated heterocycles. The Kier molecular flexibility index (Phi) is 5.34. The van der Waals surface area contributed by atoms with Crippen LogP contribution < -0.4 is 0 Å². The highest BCUT2D eigenvalue weighted by Gasteiger charge is 2.57. The number of carboxylic acids is 1. The molecule has 5 atom stereocenters. The Morgan fingerprint density at radius 2 is 2.00 bits per heavy atom. The Morgan fingerprint density at radius 1 is 1.32 bits per heavy atom. The van der Waals surface area contributed by atoms with Gasteiger partial charge in [-0.2, -0.15) is 0 Å². The molecule has 0 aliphatic carbocycles. The number of hydrogen-bond donors (Lipinski definition) is 1. The monoisotopic (exact) mass is 410 g/mol. The van der Waals surface area contributed by atoms with Gasteiger partial charge < -0.3 is 19.3 Å². The molecule has 1 aromatic rings. The van der Waals surface area contributed by atoms with Crippen LogP contribution in [0, 0.1) is 11.8 Å². The fourth-order valence-electron chi connectivity index (χ4n) is 3.58. The summed E-state index contributed by atoms with van der Waals surface area (Å²) in [5.74, 6) is -2.43. The predicted octanol–water partition coefficient (Wildman–Crippen LogP) is 4.07. The molecule has 0 saturated carbocycles. The Balaban J connectivity index is 1.84. The van der Waals surface area contributed by atoms with Gasteiger partial charge in [-0.25, -0.2) is 0 Å². The molecule has 0 amide bonds. The van der Waals surface area contributed by atoms with Crippen molar-refractivity contribution in [1.82, 2.24) is 0 Å². The van der Waals surface area contributed by atoms with Crippen molar-refractivity contribution < 1.29 is 24.1 Å². The van der Waals surface area contributed by atoms with Gasteiger partial charge in [-0.3, -0.25) is 4.79 Å². The van der Waals surface area contributed by atoms with Gasteiger partial charge in [0.15, 0.2) is 12.1 Å².